The van der Waals surface area contributed by atoms with Crippen LogP contribution in [0.3, 0.4) is 0 Å². The van der Waals surface area contributed by atoms with Gasteiger partial charge in [0.25, 0.3) is 0 Å². The van der Waals surface area contributed by atoms with Gasteiger partial charge >= 0.3 is 0 Å². The molecule has 0 N–H and O–H groups in total. The van der Waals surface area contributed by atoms with Crippen LogP contribution < -0.4 is 4.90 Å². The Labute approximate surface area is 103 Å². The molecule has 2 rings (SSSR count). The summed E-state index contributed by atoms with van der Waals surface area (Å²) in [6.07, 6.45) is 6.86. The van der Waals surface area contributed by atoms with E-state index in [0.29, 0.717) is 5.88 Å². The standard InChI is InChI=1S/C14H20ClN/c1-16(13-5-3-2-4-6-13)14-9-7-12(11-15)8-10-14/h7-10,13H,2-6,11H2,1H3. The van der Waals surface area contributed by atoms with Crippen LogP contribution in [0.2, 0.25) is 0 Å². The van der Waals surface area contributed by atoms with Gasteiger partial charge in [-0.1, -0.05) is 31.4 Å². The van der Waals surface area contributed by atoms with Crippen molar-refractivity contribution in [2.24, 2.45) is 0 Å². The van der Waals surface area contributed by atoms with Gasteiger partial charge in [0.1, 0.15) is 0 Å². The van der Waals surface area contributed by atoms with Gasteiger partial charge < -0.3 is 4.90 Å². The molecule has 0 atom stereocenters. The Kier molecular flexibility index (Phi) is 4.11. The van der Waals surface area contributed by atoms with E-state index in [-0.39, 0.29) is 0 Å². The summed E-state index contributed by atoms with van der Waals surface area (Å²) < 4.78 is 0. The molecule has 0 radical (unpaired) electrons. The number of benzene rings is 1. The molecule has 0 unspecified atom stereocenters. The first-order chi connectivity index (χ1) is 7.81. The predicted molar refractivity (Wildman–Crippen MR) is 71.3 cm³/mol. The lowest BCUT2D eigenvalue weighted by molar-refractivity contribution is 0.427. The van der Waals surface area contributed by atoms with Crippen LogP contribution >= 0.6 is 11.6 Å². The Morgan fingerprint density at radius 1 is 1.12 bits per heavy atom. The maximum Gasteiger partial charge on any atom is 0.0474 e. The molecular formula is C14H20ClN. The van der Waals surface area contributed by atoms with Gasteiger partial charge in [0, 0.05) is 24.7 Å². The molecule has 88 valence electrons. The molecule has 0 spiro atoms. The smallest absolute Gasteiger partial charge is 0.0474 e. The molecule has 1 fully saturated rings. The van der Waals surface area contributed by atoms with Gasteiger partial charge in [0.15, 0.2) is 0 Å². The van der Waals surface area contributed by atoms with Crippen molar-refractivity contribution >= 4 is 17.3 Å². The van der Waals surface area contributed by atoms with Crippen molar-refractivity contribution in [2.45, 2.75) is 44.0 Å². The average Bonchev–Trinajstić information content (AvgIpc) is 2.39. The average molecular weight is 238 g/mol. The summed E-state index contributed by atoms with van der Waals surface area (Å²) in [5, 5.41) is 0. The van der Waals surface area contributed by atoms with Crippen LogP contribution in [0, 0.1) is 0 Å². The fourth-order valence-electron chi connectivity index (χ4n) is 2.50. The molecule has 0 saturated heterocycles. The van der Waals surface area contributed by atoms with E-state index in [9.17, 15) is 0 Å². The molecule has 2 heteroatoms. The van der Waals surface area contributed by atoms with Crippen LogP contribution in [-0.4, -0.2) is 13.1 Å². The quantitative estimate of drug-likeness (QED) is 0.713. The van der Waals surface area contributed by atoms with Crippen LogP contribution in [0.25, 0.3) is 0 Å². The Morgan fingerprint density at radius 2 is 1.75 bits per heavy atom. The van der Waals surface area contributed by atoms with Gasteiger partial charge in [-0.25, -0.2) is 0 Å². The summed E-state index contributed by atoms with van der Waals surface area (Å²) in [6.45, 7) is 0. The molecule has 1 aliphatic carbocycles. The molecule has 1 nitrogen and oxygen atoms in total. The number of hydrogen-bond acceptors (Lipinski definition) is 1. The first-order valence-corrected chi connectivity index (χ1v) is 6.72. The van der Waals surface area contributed by atoms with E-state index in [1.807, 2.05) is 0 Å². The molecule has 0 aromatic heterocycles. The van der Waals surface area contributed by atoms with Crippen molar-refractivity contribution in [3.05, 3.63) is 29.8 Å². The second-order valence-electron chi connectivity index (χ2n) is 4.70. The number of anilines is 1. The van der Waals surface area contributed by atoms with E-state index in [1.54, 1.807) is 0 Å². The lowest BCUT2D eigenvalue weighted by Gasteiger charge is -2.33. The predicted octanol–water partition coefficient (Wildman–Crippen LogP) is 4.19. The minimum absolute atomic E-state index is 0.605. The first-order valence-electron chi connectivity index (χ1n) is 6.19. The van der Waals surface area contributed by atoms with Crippen molar-refractivity contribution in [1.29, 1.82) is 0 Å². The SMILES string of the molecule is CN(c1ccc(CCl)cc1)C1CCCCC1. The summed E-state index contributed by atoms with van der Waals surface area (Å²) in [7, 11) is 2.21. The second-order valence-corrected chi connectivity index (χ2v) is 4.97. The van der Waals surface area contributed by atoms with Crippen molar-refractivity contribution in [3.63, 3.8) is 0 Å². The Morgan fingerprint density at radius 3 is 2.31 bits per heavy atom. The van der Waals surface area contributed by atoms with Gasteiger partial charge in [-0.05, 0) is 30.5 Å². The highest BCUT2D eigenvalue weighted by Gasteiger charge is 2.17. The zero-order chi connectivity index (χ0) is 11.4. The molecular weight excluding hydrogens is 218 g/mol. The number of hydrogen-bond donors (Lipinski definition) is 0. The van der Waals surface area contributed by atoms with Crippen molar-refractivity contribution in [1.82, 2.24) is 0 Å². The highest BCUT2D eigenvalue weighted by Crippen LogP contribution is 2.26. The molecule has 1 aromatic carbocycles. The maximum absolute atomic E-state index is 5.79. The molecule has 0 heterocycles. The Bertz CT molecular complexity index is 314. The monoisotopic (exact) mass is 237 g/mol. The van der Waals surface area contributed by atoms with Crippen molar-refractivity contribution in [2.75, 3.05) is 11.9 Å². The van der Waals surface area contributed by atoms with E-state index < -0.39 is 0 Å². The number of nitrogens with zero attached hydrogens (tertiary/aromatic N) is 1. The summed E-state index contributed by atoms with van der Waals surface area (Å²) in [4.78, 5) is 2.43. The Hall–Kier alpha value is -0.690. The largest absolute Gasteiger partial charge is 0.372 e. The van der Waals surface area contributed by atoms with E-state index in [2.05, 4.69) is 36.2 Å². The van der Waals surface area contributed by atoms with Crippen molar-refractivity contribution < 1.29 is 0 Å². The van der Waals surface area contributed by atoms with E-state index >= 15 is 0 Å². The van der Waals surface area contributed by atoms with Crippen LogP contribution in [0.4, 0.5) is 5.69 Å². The maximum atomic E-state index is 5.79. The lowest BCUT2D eigenvalue weighted by Crippen LogP contribution is -2.33. The minimum Gasteiger partial charge on any atom is -0.372 e. The van der Waals surface area contributed by atoms with E-state index in [1.165, 1.54) is 43.4 Å². The van der Waals surface area contributed by atoms with Gasteiger partial charge in [-0.2, -0.15) is 0 Å². The molecule has 0 bridgehead atoms. The molecule has 1 aliphatic rings. The van der Waals surface area contributed by atoms with Crippen LogP contribution in [0.1, 0.15) is 37.7 Å². The van der Waals surface area contributed by atoms with Crippen LogP contribution in [0.15, 0.2) is 24.3 Å². The molecule has 1 aromatic rings. The highest BCUT2D eigenvalue weighted by atomic mass is 35.5. The zero-order valence-corrected chi connectivity index (χ0v) is 10.7. The van der Waals surface area contributed by atoms with Crippen molar-refractivity contribution in [3.8, 4) is 0 Å². The lowest BCUT2D eigenvalue weighted by atomic mass is 9.94. The normalized spacial score (nSPS) is 17.4. The van der Waals surface area contributed by atoms with Gasteiger partial charge in [-0.15, -0.1) is 11.6 Å². The molecule has 16 heavy (non-hydrogen) atoms. The summed E-state index contributed by atoms with van der Waals surface area (Å²) >= 11 is 5.79. The van der Waals surface area contributed by atoms with Crippen LogP contribution in [0.5, 0.6) is 0 Å². The number of halogens is 1. The van der Waals surface area contributed by atoms with E-state index in [4.69, 9.17) is 11.6 Å². The fourth-order valence-corrected chi connectivity index (χ4v) is 2.68. The third kappa shape index (κ3) is 2.70. The molecule has 0 amide bonds. The molecule has 1 saturated carbocycles. The zero-order valence-electron chi connectivity index (χ0n) is 9.95. The number of alkyl halides is 1. The second kappa shape index (κ2) is 5.58. The summed E-state index contributed by atoms with van der Waals surface area (Å²) in [5.74, 6) is 0.605. The van der Waals surface area contributed by atoms with Gasteiger partial charge in [-0.3, -0.25) is 0 Å². The number of rotatable bonds is 3. The van der Waals surface area contributed by atoms with Gasteiger partial charge in [0.05, 0.1) is 0 Å². The highest BCUT2D eigenvalue weighted by molar-refractivity contribution is 6.17. The first kappa shape index (κ1) is 11.8. The third-order valence-electron chi connectivity index (χ3n) is 3.62. The van der Waals surface area contributed by atoms with Gasteiger partial charge in [0.2, 0.25) is 0 Å². The van der Waals surface area contributed by atoms with E-state index in [0.717, 1.165) is 6.04 Å². The summed E-state index contributed by atoms with van der Waals surface area (Å²) in [6, 6.07) is 9.36. The topological polar surface area (TPSA) is 3.24 Å². The fraction of sp³-hybridized carbons (Fsp3) is 0.571. The Balaban J connectivity index is 2.04. The van der Waals surface area contributed by atoms with Crippen LogP contribution in [-0.2, 0) is 5.88 Å². The third-order valence-corrected chi connectivity index (χ3v) is 3.93. The molecule has 0 aliphatic heterocycles. The minimum atomic E-state index is 0.605. The summed E-state index contributed by atoms with van der Waals surface area (Å²) in [5.41, 5.74) is 2.52.